The Morgan fingerprint density at radius 2 is 2.12 bits per heavy atom. The van der Waals surface area contributed by atoms with Crippen LogP contribution in [0.15, 0.2) is 24.3 Å². The van der Waals surface area contributed by atoms with Crippen molar-refractivity contribution >= 4 is 17.3 Å². The molecular weight excluding hydrogens is 216 g/mol. The molecule has 0 fully saturated rings. The average molecular weight is 234 g/mol. The van der Waals surface area contributed by atoms with Gasteiger partial charge < -0.3 is 10.2 Å². The first kappa shape index (κ1) is 11.4. The molecule has 3 heteroatoms. The van der Waals surface area contributed by atoms with Gasteiger partial charge in [-0.1, -0.05) is 31.2 Å². The van der Waals surface area contributed by atoms with Crippen molar-refractivity contribution in [1.29, 1.82) is 0 Å². The number of fused-ring (bicyclic) bond motifs is 1. The SMILES string of the molecule is CCCNC(=S)N1CCc2ccccc2C1. The van der Waals surface area contributed by atoms with Crippen LogP contribution in [0.4, 0.5) is 0 Å². The summed E-state index contributed by atoms with van der Waals surface area (Å²) in [6.45, 7) is 5.11. The summed E-state index contributed by atoms with van der Waals surface area (Å²) < 4.78 is 0. The average Bonchev–Trinajstić information content (AvgIpc) is 2.35. The van der Waals surface area contributed by atoms with E-state index in [-0.39, 0.29) is 0 Å². The van der Waals surface area contributed by atoms with Gasteiger partial charge in [0.15, 0.2) is 5.11 Å². The third-order valence-corrected chi connectivity index (χ3v) is 3.35. The van der Waals surface area contributed by atoms with E-state index in [1.54, 1.807) is 0 Å². The largest absolute Gasteiger partial charge is 0.363 e. The van der Waals surface area contributed by atoms with Crippen LogP contribution in [0.25, 0.3) is 0 Å². The Balaban J connectivity index is 1.99. The summed E-state index contributed by atoms with van der Waals surface area (Å²) in [5, 5.41) is 4.19. The van der Waals surface area contributed by atoms with Crippen molar-refractivity contribution in [3.05, 3.63) is 35.4 Å². The van der Waals surface area contributed by atoms with Crippen LogP contribution in [0.2, 0.25) is 0 Å². The highest BCUT2D eigenvalue weighted by atomic mass is 32.1. The third kappa shape index (κ3) is 2.53. The van der Waals surface area contributed by atoms with Gasteiger partial charge >= 0.3 is 0 Å². The van der Waals surface area contributed by atoms with E-state index in [0.29, 0.717) is 0 Å². The smallest absolute Gasteiger partial charge is 0.169 e. The molecule has 0 amide bonds. The lowest BCUT2D eigenvalue weighted by Gasteiger charge is -2.31. The monoisotopic (exact) mass is 234 g/mol. The first-order valence-corrected chi connectivity index (χ1v) is 6.31. The second-order valence-electron chi connectivity index (χ2n) is 4.17. The second-order valence-corrected chi connectivity index (χ2v) is 4.56. The molecule has 1 aromatic rings. The maximum absolute atomic E-state index is 5.38. The van der Waals surface area contributed by atoms with Crippen molar-refractivity contribution in [3.8, 4) is 0 Å². The Kier molecular flexibility index (Phi) is 3.78. The van der Waals surface area contributed by atoms with E-state index in [1.165, 1.54) is 11.1 Å². The highest BCUT2D eigenvalue weighted by molar-refractivity contribution is 7.80. The molecule has 0 aromatic heterocycles. The zero-order valence-corrected chi connectivity index (χ0v) is 10.5. The Morgan fingerprint density at radius 1 is 1.38 bits per heavy atom. The molecule has 1 aliphatic heterocycles. The molecule has 1 heterocycles. The number of nitrogens with zero attached hydrogens (tertiary/aromatic N) is 1. The Bertz CT molecular complexity index is 376. The lowest BCUT2D eigenvalue weighted by Crippen LogP contribution is -2.42. The summed E-state index contributed by atoms with van der Waals surface area (Å²) in [5.74, 6) is 0. The molecule has 1 aromatic carbocycles. The van der Waals surface area contributed by atoms with Crippen LogP contribution in [0.5, 0.6) is 0 Å². The molecule has 86 valence electrons. The number of rotatable bonds is 2. The Labute approximate surface area is 103 Å². The zero-order valence-electron chi connectivity index (χ0n) is 9.70. The number of benzene rings is 1. The van der Waals surface area contributed by atoms with Gasteiger partial charge in [0.05, 0.1) is 0 Å². The van der Waals surface area contributed by atoms with Gasteiger partial charge in [-0.3, -0.25) is 0 Å². The maximum atomic E-state index is 5.38. The van der Waals surface area contributed by atoms with Crippen molar-refractivity contribution in [2.45, 2.75) is 26.3 Å². The summed E-state index contributed by atoms with van der Waals surface area (Å²) in [4.78, 5) is 2.26. The molecule has 0 atom stereocenters. The minimum absolute atomic E-state index is 0.899. The lowest BCUT2D eigenvalue weighted by atomic mass is 10.0. The minimum Gasteiger partial charge on any atom is -0.363 e. The number of hydrogen-bond donors (Lipinski definition) is 1. The molecule has 0 aliphatic carbocycles. The molecule has 1 aliphatic rings. The molecule has 2 nitrogen and oxygen atoms in total. The van der Waals surface area contributed by atoms with Crippen LogP contribution < -0.4 is 5.32 Å². The molecule has 0 saturated carbocycles. The van der Waals surface area contributed by atoms with E-state index in [4.69, 9.17) is 12.2 Å². The third-order valence-electron chi connectivity index (χ3n) is 2.94. The van der Waals surface area contributed by atoms with Crippen LogP contribution >= 0.6 is 12.2 Å². The van der Waals surface area contributed by atoms with Gasteiger partial charge in [-0.15, -0.1) is 0 Å². The fourth-order valence-corrected chi connectivity index (χ4v) is 2.27. The van der Waals surface area contributed by atoms with E-state index >= 15 is 0 Å². The number of hydrogen-bond acceptors (Lipinski definition) is 1. The van der Waals surface area contributed by atoms with Gasteiger partial charge in [0, 0.05) is 19.6 Å². The van der Waals surface area contributed by atoms with Crippen LogP contribution in [-0.2, 0) is 13.0 Å². The highest BCUT2D eigenvalue weighted by Gasteiger charge is 2.17. The molecule has 0 unspecified atom stereocenters. The Hall–Kier alpha value is -1.09. The number of thiocarbonyl (C=S) groups is 1. The lowest BCUT2D eigenvalue weighted by molar-refractivity contribution is 0.387. The van der Waals surface area contributed by atoms with Crippen molar-refractivity contribution < 1.29 is 0 Å². The van der Waals surface area contributed by atoms with Crippen LogP contribution in [0, 0.1) is 0 Å². The molecule has 1 N–H and O–H groups in total. The van der Waals surface area contributed by atoms with Gasteiger partial charge in [-0.05, 0) is 36.2 Å². The van der Waals surface area contributed by atoms with Gasteiger partial charge in [0.2, 0.25) is 0 Å². The van der Waals surface area contributed by atoms with E-state index in [9.17, 15) is 0 Å². The van der Waals surface area contributed by atoms with Crippen LogP contribution in [0.1, 0.15) is 24.5 Å². The van der Waals surface area contributed by atoms with Crippen molar-refractivity contribution in [2.75, 3.05) is 13.1 Å². The number of nitrogens with one attached hydrogen (secondary N) is 1. The predicted molar refractivity (Wildman–Crippen MR) is 71.4 cm³/mol. The maximum Gasteiger partial charge on any atom is 0.169 e. The molecule has 0 saturated heterocycles. The standard InChI is InChI=1S/C13H18N2S/c1-2-8-14-13(16)15-9-7-11-5-3-4-6-12(11)10-15/h3-6H,2,7-10H2,1H3,(H,14,16). The summed E-state index contributed by atoms with van der Waals surface area (Å²) >= 11 is 5.38. The minimum atomic E-state index is 0.899. The van der Waals surface area contributed by atoms with Crippen molar-refractivity contribution in [1.82, 2.24) is 10.2 Å². The molecular formula is C13H18N2S. The highest BCUT2D eigenvalue weighted by Crippen LogP contribution is 2.18. The summed E-state index contributed by atoms with van der Waals surface area (Å²) in [6.07, 6.45) is 2.22. The quantitative estimate of drug-likeness (QED) is 0.791. The van der Waals surface area contributed by atoms with Crippen molar-refractivity contribution in [3.63, 3.8) is 0 Å². The summed E-state index contributed by atoms with van der Waals surface area (Å²) in [7, 11) is 0. The van der Waals surface area contributed by atoms with Crippen LogP contribution in [0.3, 0.4) is 0 Å². The van der Waals surface area contributed by atoms with Crippen molar-refractivity contribution in [2.24, 2.45) is 0 Å². The Morgan fingerprint density at radius 3 is 2.88 bits per heavy atom. The predicted octanol–water partition coefficient (Wildman–Crippen LogP) is 2.33. The normalized spacial score (nSPS) is 14.4. The van der Waals surface area contributed by atoms with E-state index < -0.39 is 0 Å². The first-order valence-electron chi connectivity index (χ1n) is 5.91. The molecule has 0 bridgehead atoms. The van der Waals surface area contributed by atoms with E-state index in [0.717, 1.165) is 37.6 Å². The van der Waals surface area contributed by atoms with Gasteiger partial charge in [-0.25, -0.2) is 0 Å². The van der Waals surface area contributed by atoms with E-state index in [1.807, 2.05) is 0 Å². The molecule has 2 rings (SSSR count). The van der Waals surface area contributed by atoms with E-state index in [2.05, 4.69) is 41.4 Å². The zero-order chi connectivity index (χ0) is 11.4. The van der Waals surface area contributed by atoms with Gasteiger partial charge in [0.25, 0.3) is 0 Å². The summed E-state index contributed by atoms with van der Waals surface area (Å²) in [5.41, 5.74) is 2.88. The fourth-order valence-electron chi connectivity index (χ4n) is 2.01. The fraction of sp³-hybridized carbons (Fsp3) is 0.462. The van der Waals surface area contributed by atoms with Gasteiger partial charge in [0.1, 0.15) is 0 Å². The van der Waals surface area contributed by atoms with Crippen LogP contribution in [-0.4, -0.2) is 23.1 Å². The van der Waals surface area contributed by atoms with Gasteiger partial charge in [-0.2, -0.15) is 0 Å². The first-order chi connectivity index (χ1) is 7.81. The molecule has 0 radical (unpaired) electrons. The molecule has 0 spiro atoms. The summed E-state index contributed by atoms with van der Waals surface area (Å²) in [6, 6.07) is 8.63. The second kappa shape index (κ2) is 5.30. The topological polar surface area (TPSA) is 15.3 Å². The molecule has 16 heavy (non-hydrogen) atoms.